The number of thiazole rings is 1. The molecule has 1 amide bonds. The van der Waals surface area contributed by atoms with E-state index >= 15 is 0 Å². The third-order valence-corrected chi connectivity index (χ3v) is 8.94. The van der Waals surface area contributed by atoms with Crippen LogP contribution < -0.4 is 15.4 Å². The van der Waals surface area contributed by atoms with Crippen LogP contribution in [-0.4, -0.2) is 60.4 Å². The number of amides is 1. The van der Waals surface area contributed by atoms with Crippen molar-refractivity contribution >= 4 is 48.3 Å². The highest BCUT2D eigenvalue weighted by molar-refractivity contribution is 7.92. The molecule has 3 heterocycles. The van der Waals surface area contributed by atoms with E-state index in [0.29, 0.717) is 58.6 Å². The number of ether oxygens (including phenoxy) is 1. The van der Waals surface area contributed by atoms with Crippen LogP contribution >= 0.6 is 11.3 Å². The molecule has 0 aliphatic heterocycles. The van der Waals surface area contributed by atoms with Crippen LogP contribution in [0.15, 0.2) is 70.8 Å². The summed E-state index contributed by atoms with van der Waals surface area (Å²) >= 11 is 1.19. The molecule has 0 spiro atoms. The lowest BCUT2D eigenvalue weighted by Crippen LogP contribution is -2.24. The topological polar surface area (TPSA) is 145 Å². The summed E-state index contributed by atoms with van der Waals surface area (Å²) in [6, 6.07) is 14.9. The Morgan fingerprint density at radius 3 is 2.64 bits per heavy atom. The smallest absolute Gasteiger partial charge is 0.280 e. The highest BCUT2D eigenvalue weighted by Gasteiger charge is 2.36. The number of likely N-dealkylation sites (N-methyl/N-ethyl adjacent to an activating group) is 1. The first-order valence-corrected chi connectivity index (χ1v) is 14.6. The van der Waals surface area contributed by atoms with E-state index in [4.69, 9.17) is 9.57 Å². The predicted octanol–water partition coefficient (Wildman–Crippen LogP) is 3.18. The number of oxime groups is 1. The maximum absolute atomic E-state index is 13.3. The second kappa shape index (κ2) is 11.8. The van der Waals surface area contributed by atoms with Gasteiger partial charge in [-0.05, 0) is 50.2 Å². The van der Waals surface area contributed by atoms with Gasteiger partial charge in [-0.2, -0.15) is 0 Å². The molecule has 0 radical (unpaired) electrons. The fourth-order valence-corrected chi connectivity index (χ4v) is 6.07. The summed E-state index contributed by atoms with van der Waals surface area (Å²) in [4.78, 5) is 32.7. The molecule has 1 fully saturated rings. The molecule has 5 rings (SSSR count). The SMILES string of the molecule is CNCCOc1ccc2nc(NC(=O)C(=NOCc3ccccn3)c3ccc(S(=O)(=O)C4CC4)cc3)sc2n1. The van der Waals surface area contributed by atoms with Crippen molar-refractivity contribution in [1.29, 1.82) is 0 Å². The maximum Gasteiger partial charge on any atom is 0.280 e. The molecule has 11 nitrogen and oxygen atoms in total. The van der Waals surface area contributed by atoms with Crippen LogP contribution in [-0.2, 0) is 26.1 Å². The molecule has 0 unspecified atom stereocenters. The molecule has 3 aromatic heterocycles. The molecular formula is C26H26N6O5S2. The van der Waals surface area contributed by atoms with E-state index in [9.17, 15) is 13.2 Å². The molecule has 0 bridgehead atoms. The van der Waals surface area contributed by atoms with E-state index in [-0.39, 0.29) is 22.5 Å². The molecule has 202 valence electrons. The molecule has 0 saturated heterocycles. The lowest BCUT2D eigenvalue weighted by atomic mass is 10.1. The third kappa shape index (κ3) is 6.56. The van der Waals surface area contributed by atoms with Gasteiger partial charge in [0.05, 0.1) is 15.8 Å². The number of aromatic nitrogens is 3. The normalized spacial score (nSPS) is 13.8. The molecule has 0 atom stereocenters. The largest absolute Gasteiger partial charge is 0.476 e. The summed E-state index contributed by atoms with van der Waals surface area (Å²) in [6.45, 7) is 1.20. The highest BCUT2D eigenvalue weighted by atomic mass is 32.2. The first-order chi connectivity index (χ1) is 18.9. The summed E-state index contributed by atoms with van der Waals surface area (Å²) in [5, 5.41) is 9.83. The summed E-state index contributed by atoms with van der Waals surface area (Å²) in [7, 11) is -1.53. The van der Waals surface area contributed by atoms with E-state index in [1.54, 1.807) is 42.6 Å². The Morgan fingerprint density at radius 2 is 1.92 bits per heavy atom. The third-order valence-electron chi connectivity index (χ3n) is 5.78. The van der Waals surface area contributed by atoms with E-state index in [1.807, 2.05) is 13.1 Å². The molecule has 13 heteroatoms. The Hall–Kier alpha value is -3.94. The van der Waals surface area contributed by atoms with Crippen LogP contribution in [0, 0.1) is 0 Å². The second-order valence-corrected chi connectivity index (χ2v) is 11.9. The van der Waals surface area contributed by atoms with Crippen LogP contribution in [0.2, 0.25) is 0 Å². The van der Waals surface area contributed by atoms with E-state index < -0.39 is 15.7 Å². The monoisotopic (exact) mass is 566 g/mol. The molecule has 2 N–H and O–H groups in total. The lowest BCUT2D eigenvalue weighted by molar-refractivity contribution is -0.110. The molecule has 1 aromatic carbocycles. The summed E-state index contributed by atoms with van der Waals surface area (Å²) in [5.41, 5.74) is 1.60. The summed E-state index contributed by atoms with van der Waals surface area (Å²) in [6.07, 6.45) is 2.97. The van der Waals surface area contributed by atoms with Gasteiger partial charge in [0, 0.05) is 24.4 Å². The van der Waals surface area contributed by atoms with Crippen LogP contribution in [0.4, 0.5) is 5.13 Å². The number of nitrogens with one attached hydrogen (secondary N) is 2. The van der Waals surface area contributed by atoms with Crippen LogP contribution in [0.3, 0.4) is 0 Å². The van der Waals surface area contributed by atoms with Crippen molar-refractivity contribution in [3.8, 4) is 5.88 Å². The standard InChI is InChI=1S/C26H26N6O5S2/c1-27-14-15-36-22-12-11-21-25(30-22)38-26(29-21)31-24(33)23(32-37-16-18-4-2-3-13-28-18)17-5-7-19(8-6-17)39(34,35)20-9-10-20/h2-8,11-13,20,27H,9-10,14-16H2,1H3,(H,29,31,33). The van der Waals surface area contributed by atoms with Crippen molar-refractivity contribution in [2.75, 3.05) is 25.5 Å². The van der Waals surface area contributed by atoms with Crippen molar-refractivity contribution < 1.29 is 22.8 Å². The van der Waals surface area contributed by atoms with Gasteiger partial charge in [-0.1, -0.05) is 34.7 Å². The minimum atomic E-state index is -3.36. The number of carbonyl (C=O) groups excluding carboxylic acids is 1. The molecule has 1 saturated carbocycles. The van der Waals surface area contributed by atoms with Crippen LogP contribution in [0.5, 0.6) is 5.88 Å². The van der Waals surface area contributed by atoms with Gasteiger partial charge in [0.15, 0.2) is 27.3 Å². The number of carbonyl (C=O) groups is 1. The Morgan fingerprint density at radius 1 is 1.10 bits per heavy atom. The Kier molecular flexibility index (Phi) is 8.10. The number of hydrogen-bond acceptors (Lipinski definition) is 11. The van der Waals surface area contributed by atoms with Crippen molar-refractivity contribution in [3.05, 3.63) is 72.1 Å². The summed E-state index contributed by atoms with van der Waals surface area (Å²) in [5.74, 6) is -0.107. The Bertz CT molecular complexity index is 1590. The van der Waals surface area contributed by atoms with E-state index in [0.717, 1.165) is 0 Å². The van der Waals surface area contributed by atoms with Gasteiger partial charge in [-0.25, -0.2) is 18.4 Å². The molecule has 39 heavy (non-hydrogen) atoms. The van der Waals surface area contributed by atoms with Crippen molar-refractivity contribution in [2.45, 2.75) is 29.6 Å². The zero-order valence-electron chi connectivity index (χ0n) is 21.0. The predicted molar refractivity (Wildman–Crippen MR) is 148 cm³/mol. The first kappa shape index (κ1) is 26.7. The number of anilines is 1. The van der Waals surface area contributed by atoms with Gasteiger partial charge in [-0.3, -0.25) is 15.1 Å². The molecule has 1 aliphatic rings. The van der Waals surface area contributed by atoms with Crippen molar-refractivity contribution in [3.63, 3.8) is 0 Å². The molecular weight excluding hydrogens is 540 g/mol. The first-order valence-electron chi connectivity index (χ1n) is 12.2. The second-order valence-electron chi connectivity index (χ2n) is 8.70. The van der Waals surface area contributed by atoms with Gasteiger partial charge in [0.2, 0.25) is 5.88 Å². The number of nitrogens with zero attached hydrogens (tertiary/aromatic N) is 4. The van der Waals surface area contributed by atoms with Gasteiger partial charge in [0.1, 0.15) is 17.0 Å². The minimum absolute atomic E-state index is 0.0374. The van der Waals surface area contributed by atoms with E-state index in [2.05, 4.69) is 30.7 Å². The van der Waals surface area contributed by atoms with Crippen LogP contribution in [0.1, 0.15) is 24.1 Å². The van der Waals surface area contributed by atoms with Gasteiger partial charge >= 0.3 is 0 Å². The molecule has 1 aliphatic carbocycles. The minimum Gasteiger partial charge on any atom is -0.476 e. The number of hydrogen-bond donors (Lipinski definition) is 2. The van der Waals surface area contributed by atoms with Crippen LogP contribution in [0.25, 0.3) is 10.3 Å². The lowest BCUT2D eigenvalue weighted by Gasteiger charge is -2.08. The summed E-state index contributed by atoms with van der Waals surface area (Å²) < 4.78 is 30.8. The van der Waals surface area contributed by atoms with Gasteiger partial charge in [-0.15, -0.1) is 0 Å². The Labute approximate surface area is 229 Å². The number of pyridine rings is 2. The number of rotatable bonds is 12. The number of sulfone groups is 1. The maximum atomic E-state index is 13.3. The van der Waals surface area contributed by atoms with Crippen molar-refractivity contribution in [1.82, 2.24) is 20.3 Å². The quantitative estimate of drug-likeness (QED) is 0.150. The molecule has 4 aromatic rings. The number of fused-ring (bicyclic) bond motifs is 1. The fourth-order valence-electron chi connectivity index (χ4n) is 3.59. The average molecular weight is 567 g/mol. The van der Waals surface area contributed by atoms with Crippen molar-refractivity contribution in [2.24, 2.45) is 5.16 Å². The van der Waals surface area contributed by atoms with Gasteiger partial charge < -0.3 is 14.9 Å². The zero-order chi connectivity index (χ0) is 27.2. The highest BCUT2D eigenvalue weighted by Crippen LogP contribution is 2.33. The van der Waals surface area contributed by atoms with E-state index in [1.165, 1.54) is 23.5 Å². The average Bonchev–Trinajstić information content (AvgIpc) is 3.73. The zero-order valence-corrected chi connectivity index (χ0v) is 22.7. The van der Waals surface area contributed by atoms with Gasteiger partial charge in [0.25, 0.3) is 5.91 Å². The number of benzene rings is 1. The Balaban J connectivity index is 1.36. The fraction of sp³-hybridized carbons (Fsp3) is 0.269.